The van der Waals surface area contributed by atoms with E-state index in [1.54, 1.807) is 17.1 Å². The number of hydrogen-bond acceptors (Lipinski definition) is 3. The zero-order valence-electron chi connectivity index (χ0n) is 8.80. The smallest absolute Gasteiger partial charge is 0.331 e. The lowest BCUT2D eigenvalue weighted by atomic mass is 10.3. The van der Waals surface area contributed by atoms with Crippen molar-refractivity contribution in [3.63, 3.8) is 0 Å². The molecule has 1 aromatic rings. The van der Waals surface area contributed by atoms with Crippen LogP contribution in [0.5, 0.6) is 5.75 Å². The van der Waals surface area contributed by atoms with E-state index in [2.05, 4.69) is 5.10 Å². The maximum Gasteiger partial charge on any atom is 0.331 e. The number of carboxylic acids is 1. The molecule has 1 rings (SSSR count). The van der Waals surface area contributed by atoms with E-state index in [0.717, 1.165) is 6.54 Å². The van der Waals surface area contributed by atoms with Crippen molar-refractivity contribution in [3.8, 4) is 5.75 Å². The fourth-order valence-corrected chi connectivity index (χ4v) is 0.942. The summed E-state index contributed by atoms with van der Waals surface area (Å²) in [4.78, 5) is 10.5. The fourth-order valence-electron chi connectivity index (χ4n) is 0.942. The van der Waals surface area contributed by atoms with E-state index in [1.807, 2.05) is 6.92 Å². The van der Waals surface area contributed by atoms with Crippen LogP contribution in [-0.4, -0.2) is 27.5 Å². The molecule has 5 nitrogen and oxygen atoms in total. The van der Waals surface area contributed by atoms with Crippen LogP contribution in [0.2, 0.25) is 0 Å². The minimum absolute atomic E-state index is 0.244. The first-order chi connectivity index (χ1) is 7.13. The first-order valence-corrected chi connectivity index (χ1v) is 4.68. The third-order valence-corrected chi connectivity index (χ3v) is 1.91. The highest BCUT2D eigenvalue weighted by Crippen LogP contribution is 2.08. The predicted molar refractivity (Wildman–Crippen MR) is 54.8 cm³/mol. The third kappa shape index (κ3) is 3.46. The molecule has 0 amide bonds. The largest absolute Gasteiger partial charge is 0.486 e. The third-order valence-electron chi connectivity index (χ3n) is 1.91. The molecule has 0 aliphatic rings. The lowest BCUT2D eigenvalue weighted by molar-refractivity contribution is -0.132. The van der Waals surface area contributed by atoms with Gasteiger partial charge in [-0.25, -0.2) is 4.79 Å². The fraction of sp³-hybridized carbons (Fsp3) is 0.400. The molecule has 15 heavy (non-hydrogen) atoms. The highest BCUT2D eigenvalue weighted by atomic mass is 16.5. The molecule has 0 aliphatic carbocycles. The Balaban J connectivity index is 2.44. The van der Waals surface area contributed by atoms with E-state index in [9.17, 15) is 4.79 Å². The molecule has 0 fully saturated rings. The van der Waals surface area contributed by atoms with Gasteiger partial charge in [0, 0.05) is 12.1 Å². The number of aromatic nitrogens is 2. The molecular weight excluding hydrogens is 196 g/mol. The van der Waals surface area contributed by atoms with Gasteiger partial charge in [-0.15, -0.1) is 0 Å². The number of carbonyl (C=O) groups is 1. The van der Waals surface area contributed by atoms with Crippen molar-refractivity contribution in [3.05, 3.63) is 24.0 Å². The molecule has 5 heteroatoms. The van der Waals surface area contributed by atoms with Crippen LogP contribution < -0.4 is 4.74 Å². The molecule has 0 unspecified atom stereocenters. The van der Waals surface area contributed by atoms with Gasteiger partial charge in [0.05, 0.1) is 12.4 Å². The summed E-state index contributed by atoms with van der Waals surface area (Å²) in [5.41, 5.74) is 0.276. The molecule has 1 N–H and O–H groups in total. The van der Waals surface area contributed by atoms with E-state index < -0.39 is 5.97 Å². The van der Waals surface area contributed by atoms with Crippen LogP contribution in [-0.2, 0) is 11.3 Å². The highest BCUT2D eigenvalue weighted by molar-refractivity contribution is 5.85. The second-order valence-corrected chi connectivity index (χ2v) is 3.04. The zero-order chi connectivity index (χ0) is 11.3. The highest BCUT2D eigenvalue weighted by Gasteiger charge is 2.00. The predicted octanol–water partition coefficient (Wildman–Crippen LogP) is 1.31. The molecule has 0 bridgehead atoms. The van der Waals surface area contributed by atoms with Crippen LogP contribution in [0.25, 0.3) is 0 Å². The summed E-state index contributed by atoms with van der Waals surface area (Å²) < 4.78 is 7.03. The second-order valence-electron chi connectivity index (χ2n) is 3.04. The second kappa shape index (κ2) is 5.19. The molecule has 1 heterocycles. The topological polar surface area (TPSA) is 64.3 Å². The van der Waals surface area contributed by atoms with Gasteiger partial charge in [0.25, 0.3) is 0 Å². The summed E-state index contributed by atoms with van der Waals surface area (Å²) in [6, 6.07) is 0. The number of nitrogens with zero attached hydrogens (tertiary/aromatic N) is 2. The Morgan fingerprint density at radius 2 is 2.47 bits per heavy atom. The quantitative estimate of drug-likeness (QED) is 0.744. The summed E-state index contributed by atoms with van der Waals surface area (Å²) in [6.45, 7) is 4.54. The number of ether oxygens (including phenoxy) is 1. The van der Waals surface area contributed by atoms with Crippen LogP contribution in [0, 0.1) is 0 Å². The van der Waals surface area contributed by atoms with Gasteiger partial charge in [0.1, 0.15) is 6.61 Å². The standard InChI is InChI=1S/C10H14N2O3/c1-3-12-7-9(6-11-12)15-5-4-8(2)10(13)14/h4,6-7H,3,5H2,1-2H3,(H,13,14)/b8-4-. The molecule has 0 radical (unpaired) electrons. The molecule has 0 aromatic carbocycles. The Morgan fingerprint density at radius 3 is 3.00 bits per heavy atom. The molecule has 0 aliphatic heterocycles. The van der Waals surface area contributed by atoms with Gasteiger partial charge in [-0.05, 0) is 19.9 Å². The monoisotopic (exact) mass is 210 g/mol. The van der Waals surface area contributed by atoms with Crippen molar-refractivity contribution >= 4 is 5.97 Å². The van der Waals surface area contributed by atoms with Gasteiger partial charge in [0.15, 0.2) is 5.75 Å². The SMILES string of the molecule is CCn1cc(OC/C=C(/C)C(=O)O)cn1. The maximum absolute atomic E-state index is 10.5. The number of aryl methyl sites for hydroxylation is 1. The van der Waals surface area contributed by atoms with Crippen molar-refractivity contribution in [1.29, 1.82) is 0 Å². The van der Waals surface area contributed by atoms with Crippen molar-refractivity contribution < 1.29 is 14.6 Å². The van der Waals surface area contributed by atoms with Gasteiger partial charge in [-0.2, -0.15) is 5.10 Å². The Labute approximate surface area is 88.0 Å². The molecule has 0 saturated carbocycles. The van der Waals surface area contributed by atoms with Crippen molar-refractivity contribution in [1.82, 2.24) is 9.78 Å². The summed E-state index contributed by atoms with van der Waals surface area (Å²) in [6.07, 6.45) is 4.89. The Bertz CT molecular complexity index is 368. The average molecular weight is 210 g/mol. The average Bonchev–Trinajstić information content (AvgIpc) is 2.65. The van der Waals surface area contributed by atoms with Gasteiger partial charge in [0.2, 0.25) is 0 Å². The van der Waals surface area contributed by atoms with Gasteiger partial charge >= 0.3 is 5.97 Å². The van der Waals surface area contributed by atoms with Crippen molar-refractivity contribution in [2.75, 3.05) is 6.61 Å². The summed E-state index contributed by atoms with van der Waals surface area (Å²) in [5, 5.41) is 12.6. The number of aliphatic carboxylic acids is 1. The summed E-state index contributed by atoms with van der Waals surface area (Å²) in [7, 11) is 0. The minimum atomic E-state index is -0.928. The molecule has 1 aromatic heterocycles. The molecule has 0 saturated heterocycles. The zero-order valence-corrected chi connectivity index (χ0v) is 8.80. The Kier molecular flexibility index (Phi) is 3.91. The number of hydrogen-bond donors (Lipinski definition) is 1. The van der Waals surface area contributed by atoms with Gasteiger partial charge in [-0.3, -0.25) is 4.68 Å². The van der Waals surface area contributed by atoms with Crippen LogP contribution in [0.15, 0.2) is 24.0 Å². The number of carboxylic acid groups (broad SMARTS) is 1. The summed E-state index contributed by atoms with van der Waals surface area (Å²) >= 11 is 0. The van der Waals surface area contributed by atoms with Crippen LogP contribution >= 0.6 is 0 Å². The van der Waals surface area contributed by atoms with Crippen LogP contribution in [0.4, 0.5) is 0 Å². The molecular formula is C10H14N2O3. The lowest BCUT2D eigenvalue weighted by Gasteiger charge is -1.98. The number of rotatable bonds is 5. The molecule has 0 spiro atoms. The normalized spacial score (nSPS) is 11.5. The Morgan fingerprint density at radius 1 is 1.73 bits per heavy atom. The van der Waals surface area contributed by atoms with E-state index in [0.29, 0.717) is 5.75 Å². The first-order valence-electron chi connectivity index (χ1n) is 4.68. The Hall–Kier alpha value is -1.78. The van der Waals surface area contributed by atoms with E-state index in [1.165, 1.54) is 13.0 Å². The lowest BCUT2D eigenvalue weighted by Crippen LogP contribution is -2.00. The van der Waals surface area contributed by atoms with E-state index in [4.69, 9.17) is 9.84 Å². The van der Waals surface area contributed by atoms with Gasteiger partial charge < -0.3 is 9.84 Å². The van der Waals surface area contributed by atoms with Crippen LogP contribution in [0.1, 0.15) is 13.8 Å². The van der Waals surface area contributed by atoms with Gasteiger partial charge in [-0.1, -0.05) is 0 Å². The minimum Gasteiger partial charge on any atom is -0.486 e. The molecule has 82 valence electrons. The van der Waals surface area contributed by atoms with E-state index in [-0.39, 0.29) is 12.2 Å². The molecule has 0 atom stereocenters. The van der Waals surface area contributed by atoms with Crippen molar-refractivity contribution in [2.24, 2.45) is 0 Å². The first kappa shape index (κ1) is 11.3. The maximum atomic E-state index is 10.5. The van der Waals surface area contributed by atoms with Crippen molar-refractivity contribution in [2.45, 2.75) is 20.4 Å². The van der Waals surface area contributed by atoms with Crippen LogP contribution in [0.3, 0.4) is 0 Å². The van der Waals surface area contributed by atoms with E-state index >= 15 is 0 Å². The summed E-state index contributed by atoms with van der Waals surface area (Å²) in [5.74, 6) is -0.283.